The summed E-state index contributed by atoms with van der Waals surface area (Å²) in [5, 5.41) is 3.09. The summed E-state index contributed by atoms with van der Waals surface area (Å²) in [5.41, 5.74) is 5.55. The first kappa shape index (κ1) is 21.3. The number of nitrogens with zero attached hydrogens (tertiary/aromatic N) is 1. The topological polar surface area (TPSA) is 41.6 Å². The maximum absolute atomic E-state index is 12.9. The molecule has 4 rings (SSSR count). The Bertz CT molecular complexity index is 964. The van der Waals surface area contributed by atoms with Crippen LogP contribution in [-0.2, 0) is 30.7 Å². The van der Waals surface area contributed by atoms with E-state index < -0.39 is 0 Å². The third-order valence-corrected chi connectivity index (χ3v) is 5.77. The second-order valence-corrected chi connectivity index (χ2v) is 8.03. The molecule has 0 spiro atoms. The van der Waals surface area contributed by atoms with Crippen LogP contribution in [0.25, 0.3) is 0 Å². The van der Waals surface area contributed by atoms with E-state index in [0.717, 1.165) is 62.4 Å². The third kappa shape index (κ3) is 6.27. The molecule has 31 heavy (non-hydrogen) atoms. The summed E-state index contributed by atoms with van der Waals surface area (Å²) in [6, 6.07) is 26.8. The van der Waals surface area contributed by atoms with Gasteiger partial charge in [-0.3, -0.25) is 9.69 Å². The maximum Gasteiger partial charge on any atom is 0.251 e. The van der Waals surface area contributed by atoms with Gasteiger partial charge in [0.2, 0.25) is 0 Å². The molecule has 1 fully saturated rings. The summed E-state index contributed by atoms with van der Waals surface area (Å²) >= 11 is 0. The Labute approximate surface area is 184 Å². The Hall–Kier alpha value is -2.95. The lowest BCUT2D eigenvalue weighted by molar-refractivity contribution is 0.0342. The second-order valence-electron chi connectivity index (χ2n) is 8.03. The number of rotatable bonds is 8. The highest BCUT2D eigenvalue weighted by Crippen LogP contribution is 2.14. The van der Waals surface area contributed by atoms with E-state index in [9.17, 15) is 4.79 Å². The van der Waals surface area contributed by atoms with Gasteiger partial charge in [-0.2, -0.15) is 0 Å². The van der Waals surface area contributed by atoms with Crippen LogP contribution >= 0.6 is 0 Å². The van der Waals surface area contributed by atoms with Crippen LogP contribution in [-0.4, -0.2) is 37.1 Å². The van der Waals surface area contributed by atoms with E-state index >= 15 is 0 Å². The number of ether oxygens (including phenoxy) is 1. The number of hydrogen-bond acceptors (Lipinski definition) is 3. The lowest BCUT2D eigenvalue weighted by Gasteiger charge is -2.26. The van der Waals surface area contributed by atoms with Gasteiger partial charge < -0.3 is 10.1 Å². The maximum atomic E-state index is 12.9. The molecule has 160 valence electrons. The van der Waals surface area contributed by atoms with Gasteiger partial charge in [-0.1, -0.05) is 72.8 Å². The monoisotopic (exact) mass is 414 g/mol. The van der Waals surface area contributed by atoms with E-state index in [-0.39, 0.29) is 5.91 Å². The van der Waals surface area contributed by atoms with Crippen molar-refractivity contribution in [3.05, 3.63) is 107 Å². The van der Waals surface area contributed by atoms with Crippen LogP contribution in [0.15, 0.2) is 78.9 Å². The molecule has 0 unspecified atom stereocenters. The molecule has 0 atom stereocenters. The van der Waals surface area contributed by atoms with Gasteiger partial charge in [-0.15, -0.1) is 0 Å². The minimum Gasteiger partial charge on any atom is -0.379 e. The number of carbonyl (C=O) groups excluding carboxylic acids is 1. The smallest absolute Gasteiger partial charge is 0.251 e. The molecule has 0 saturated carbocycles. The first-order valence-electron chi connectivity index (χ1n) is 11.1. The van der Waals surface area contributed by atoms with Crippen molar-refractivity contribution in [3.8, 4) is 0 Å². The zero-order valence-electron chi connectivity index (χ0n) is 17.9. The fourth-order valence-electron chi connectivity index (χ4n) is 3.94. The number of amides is 1. The van der Waals surface area contributed by atoms with Crippen molar-refractivity contribution in [2.45, 2.75) is 25.9 Å². The Morgan fingerprint density at radius 1 is 0.774 bits per heavy atom. The van der Waals surface area contributed by atoms with Crippen LogP contribution in [0, 0.1) is 0 Å². The molecule has 4 nitrogen and oxygen atoms in total. The van der Waals surface area contributed by atoms with Gasteiger partial charge in [0.25, 0.3) is 5.91 Å². The molecule has 1 amide bonds. The molecule has 1 heterocycles. The number of benzene rings is 3. The van der Waals surface area contributed by atoms with Crippen LogP contribution in [0.2, 0.25) is 0 Å². The molecule has 1 aliphatic rings. The highest BCUT2D eigenvalue weighted by Gasteiger charge is 2.12. The second kappa shape index (κ2) is 10.9. The summed E-state index contributed by atoms with van der Waals surface area (Å²) in [4.78, 5) is 15.3. The summed E-state index contributed by atoms with van der Waals surface area (Å²) in [6.45, 7) is 5.09. The number of carbonyl (C=O) groups is 1. The van der Waals surface area contributed by atoms with Crippen LogP contribution in [0.3, 0.4) is 0 Å². The first-order valence-corrected chi connectivity index (χ1v) is 11.1. The van der Waals surface area contributed by atoms with Crippen molar-refractivity contribution in [2.75, 3.05) is 26.3 Å². The van der Waals surface area contributed by atoms with Crippen LogP contribution < -0.4 is 5.32 Å². The van der Waals surface area contributed by atoms with Gasteiger partial charge >= 0.3 is 0 Å². The molecule has 0 aliphatic carbocycles. The standard InChI is InChI=1S/C27H30N2O2/c30-27(26-9-5-4-8-25(26)15-14-22-6-2-1-3-7-22)28-20-23-10-12-24(13-11-23)21-29-16-18-31-19-17-29/h1-13H,14-21H2,(H,28,30). The molecular formula is C27H30N2O2. The lowest BCUT2D eigenvalue weighted by atomic mass is 9.99. The van der Waals surface area contributed by atoms with E-state index in [1.165, 1.54) is 11.1 Å². The lowest BCUT2D eigenvalue weighted by Crippen LogP contribution is -2.35. The molecule has 1 N–H and O–H groups in total. The Morgan fingerprint density at radius 3 is 2.23 bits per heavy atom. The largest absolute Gasteiger partial charge is 0.379 e. The molecule has 0 bridgehead atoms. The number of morpholine rings is 1. The summed E-state index contributed by atoms with van der Waals surface area (Å²) in [7, 11) is 0. The van der Waals surface area contributed by atoms with E-state index in [1.807, 2.05) is 24.3 Å². The first-order chi connectivity index (χ1) is 15.3. The molecule has 3 aromatic rings. The van der Waals surface area contributed by atoms with Gasteiger partial charge in [0.1, 0.15) is 0 Å². The van der Waals surface area contributed by atoms with Crippen molar-refractivity contribution in [1.82, 2.24) is 10.2 Å². The summed E-state index contributed by atoms with van der Waals surface area (Å²) < 4.78 is 5.41. The Kier molecular flexibility index (Phi) is 7.48. The van der Waals surface area contributed by atoms with Gasteiger partial charge in [-0.25, -0.2) is 0 Å². The van der Waals surface area contributed by atoms with Gasteiger partial charge in [0.15, 0.2) is 0 Å². The molecule has 1 aliphatic heterocycles. The quantitative estimate of drug-likeness (QED) is 0.600. The van der Waals surface area contributed by atoms with E-state index in [1.54, 1.807) is 0 Å². The Morgan fingerprint density at radius 2 is 1.45 bits per heavy atom. The van der Waals surface area contributed by atoms with Gasteiger partial charge in [0, 0.05) is 31.7 Å². The molecule has 0 radical (unpaired) electrons. The van der Waals surface area contributed by atoms with E-state index in [4.69, 9.17) is 4.74 Å². The minimum atomic E-state index is -0.0129. The van der Waals surface area contributed by atoms with Crippen LogP contribution in [0.5, 0.6) is 0 Å². The van der Waals surface area contributed by atoms with Crippen molar-refractivity contribution >= 4 is 5.91 Å². The predicted molar refractivity (Wildman–Crippen MR) is 124 cm³/mol. The van der Waals surface area contributed by atoms with Gasteiger partial charge in [0.05, 0.1) is 13.2 Å². The molecule has 4 heteroatoms. The SMILES string of the molecule is O=C(NCc1ccc(CN2CCOCC2)cc1)c1ccccc1CCc1ccccc1. The predicted octanol–water partition coefficient (Wildman–Crippen LogP) is 4.23. The minimum absolute atomic E-state index is 0.0129. The molecule has 3 aromatic carbocycles. The van der Waals surface area contributed by atoms with Crippen molar-refractivity contribution in [1.29, 1.82) is 0 Å². The average Bonchev–Trinajstić information content (AvgIpc) is 2.83. The highest BCUT2D eigenvalue weighted by molar-refractivity contribution is 5.95. The van der Waals surface area contributed by atoms with E-state index in [0.29, 0.717) is 6.54 Å². The average molecular weight is 415 g/mol. The zero-order chi connectivity index (χ0) is 21.3. The fraction of sp³-hybridized carbons (Fsp3) is 0.296. The third-order valence-electron chi connectivity index (χ3n) is 5.77. The Balaban J connectivity index is 1.31. The highest BCUT2D eigenvalue weighted by atomic mass is 16.5. The molecule has 1 saturated heterocycles. The number of hydrogen-bond donors (Lipinski definition) is 1. The molecular weight excluding hydrogens is 384 g/mol. The normalized spacial score (nSPS) is 14.3. The van der Waals surface area contributed by atoms with Crippen molar-refractivity contribution in [3.63, 3.8) is 0 Å². The van der Waals surface area contributed by atoms with E-state index in [2.05, 4.69) is 64.8 Å². The van der Waals surface area contributed by atoms with Crippen LogP contribution in [0.1, 0.15) is 32.6 Å². The van der Waals surface area contributed by atoms with Gasteiger partial charge in [-0.05, 0) is 41.2 Å². The van der Waals surface area contributed by atoms with Crippen LogP contribution in [0.4, 0.5) is 0 Å². The summed E-state index contributed by atoms with van der Waals surface area (Å²) in [6.07, 6.45) is 1.78. The van der Waals surface area contributed by atoms with Crippen molar-refractivity contribution in [2.24, 2.45) is 0 Å². The number of nitrogens with one attached hydrogen (secondary N) is 1. The summed E-state index contributed by atoms with van der Waals surface area (Å²) in [5.74, 6) is -0.0129. The van der Waals surface area contributed by atoms with Crippen molar-refractivity contribution < 1.29 is 9.53 Å². The zero-order valence-corrected chi connectivity index (χ0v) is 17.9. The fourth-order valence-corrected chi connectivity index (χ4v) is 3.94. The molecule has 0 aromatic heterocycles. The number of aryl methyl sites for hydroxylation is 2.